The maximum atomic E-state index is 13.5. The van der Waals surface area contributed by atoms with E-state index in [-0.39, 0.29) is 27.3 Å². The monoisotopic (exact) mass is 553 g/mol. The van der Waals surface area contributed by atoms with E-state index in [1.54, 1.807) is 25.1 Å². The van der Waals surface area contributed by atoms with Crippen LogP contribution in [0.5, 0.6) is 0 Å². The highest BCUT2D eigenvalue weighted by Gasteiger charge is 2.32. The van der Waals surface area contributed by atoms with E-state index in [4.69, 9.17) is 46.4 Å². The van der Waals surface area contributed by atoms with Crippen LogP contribution in [0.15, 0.2) is 36.4 Å². The summed E-state index contributed by atoms with van der Waals surface area (Å²) in [6, 6.07) is 8.29. The Labute approximate surface area is 213 Å². The fourth-order valence-electron chi connectivity index (χ4n) is 3.19. The number of amides is 2. The van der Waals surface area contributed by atoms with Gasteiger partial charge in [0.25, 0.3) is 0 Å². The van der Waals surface area contributed by atoms with Crippen molar-refractivity contribution in [3.63, 3.8) is 0 Å². The van der Waals surface area contributed by atoms with E-state index in [9.17, 15) is 18.0 Å². The highest BCUT2D eigenvalue weighted by Crippen LogP contribution is 2.31. The van der Waals surface area contributed by atoms with Crippen LogP contribution in [0.3, 0.4) is 0 Å². The van der Waals surface area contributed by atoms with Crippen molar-refractivity contribution < 1.29 is 18.0 Å². The van der Waals surface area contributed by atoms with E-state index in [0.717, 1.165) is 10.6 Å². The lowest BCUT2D eigenvalue weighted by Gasteiger charge is -2.32. The zero-order valence-electron chi connectivity index (χ0n) is 18.1. The smallest absolute Gasteiger partial charge is 0.244 e. The van der Waals surface area contributed by atoms with E-state index < -0.39 is 34.4 Å². The van der Waals surface area contributed by atoms with E-state index in [2.05, 4.69) is 5.32 Å². The molecule has 0 aromatic heterocycles. The molecule has 0 bridgehead atoms. The number of halogens is 4. The Kier molecular flexibility index (Phi) is 9.70. The number of nitrogens with one attached hydrogen (secondary N) is 1. The molecule has 2 rings (SSSR count). The summed E-state index contributed by atoms with van der Waals surface area (Å²) >= 11 is 24.3. The standard InChI is InChI=1S/C21H23Cl4N3O4S/c1-4-18(21(30)26-2)27(11-13-5-7-15(23)17(25)9-13)20(29)12-28(33(3,31)32)19-10-14(22)6-8-16(19)24/h5-10,18H,4,11-12H2,1-3H3,(H,26,30)/t18-/m0/s1. The van der Waals surface area contributed by atoms with Gasteiger partial charge in [0.1, 0.15) is 12.6 Å². The molecule has 2 aromatic rings. The fraction of sp³-hybridized carbons (Fsp3) is 0.333. The molecule has 12 heteroatoms. The number of carbonyl (C=O) groups is 2. The molecule has 180 valence electrons. The number of rotatable bonds is 9. The van der Waals surface area contributed by atoms with Gasteiger partial charge in [-0.3, -0.25) is 13.9 Å². The SMILES string of the molecule is CC[C@@H](C(=O)NC)N(Cc1ccc(Cl)c(Cl)c1)C(=O)CN(c1cc(Cl)ccc1Cl)S(C)(=O)=O. The molecule has 0 spiro atoms. The Bertz CT molecular complexity index is 1140. The van der Waals surface area contributed by atoms with Gasteiger partial charge in [0.05, 0.1) is 27.0 Å². The molecule has 0 heterocycles. The van der Waals surface area contributed by atoms with Gasteiger partial charge in [0.2, 0.25) is 21.8 Å². The van der Waals surface area contributed by atoms with Gasteiger partial charge in [0.15, 0.2) is 0 Å². The van der Waals surface area contributed by atoms with Gasteiger partial charge in [-0.25, -0.2) is 8.42 Å². The summed E-state index contributed by atoms with van der Waals surface area (Å²) in [6.45, 7) is 1.16. The average Bonchev–Trinajstić information content (AvgIpc) is 2.75. The molecule has 0 unspecified atom stereocenters. The number of anilines is 1. The van der Waals surface area contributed by atoms with Crippen LogP contribution in [-0.4, -0.2) is 51.0 Å². The van der Waals surface area contributed by atoms with Crippen LogP contribution < -0.4 is 9.62 Å². The van der Waals surface area contributed by atoms with Crippen molar-refractivity contribution in [2.45, 2.75) is 25.9 Å². The normalized spacial score (nSPS) is 12.2. The van der Waals surface area contributed by atoms with Gasteiger partial charge in [-0.15, -0.1) is 0 Å². The molecule has 0 aliphatic carbocycles. The summed E-state index contributed by atoms with van der Waals surface area (Å²) in [7, 11) is -2.47. The minimum absolute atomic E-state index is 0.00251. The van der Waals surface area contributed by atoms with Crippen LogP contribution >= 0.6 is 46.4 Å². The Balaban J connectivity index is 2.49. The second-order valence-electron chi connectivity index (χ2n) is 7.17. The fourth-order valence-corrected chi connectivity index (χ4v) is 4.80. The van der Waals surface area contributed by atoms with E-state index in [1.165, 1.54) is 30.1 Å². The van der Waals surface area contributed by atoms with Crippen LogP contribution in [0.2, 0.25) is 20.1 Å². The molecule has 7 nitrogen and oxygen atoms in total. The predicted molar refractivity (Wildman–Crippen MR) is 134 cm³/mol. The molecule has 0 fully saturated rings. The summed E-state index contributed by atoms with van der Waals surface area (Å²) < 4.78 is 26.0. The molecule has 1 N–H and O–H groups in total. The number of hydrogen-bond donors (Lipinski definition) is 1. The largest absolute Gasteiger partial charge is 0.357 e. The maximum absolute atomic E-state index is 13.5. The van der Waals surface area contributed by atoms with Crippen molar-refractivity contribution in [1.29, 1.82) is 0 Å². The molecule has 1 atom stereocenters. The quantitative estimate of drug-likeness (QED) is 0.490. The molecule has 2 aromatic carbocycles. The third-order valence-corrected chi connectivity index (χ3v) is 7.25. The zero-order chi connectivity index (χ0) is 24.9. The maximum Gasteiger partial charge on any atom is 0.244 e. The first kappa shape index (κ1) is 27.5. The number of carbonyl (C=O) groups excluding carboxylic acids is 2. The summed E-state index contributed by atoms with van der Waals surface area (Å²) in [4.78, 5) is 27.3. The van der Waals surface area contributed by atoms with Crippen LogP contribution in [0.4, 0.5) is 5.69 Å². The first-order valence-electron chi connectivity index (χ1n) is 9.76. The predicted octanol–water partition coefficient (Wildman–Crippen LogP) is 4.62. The minimum Gasteiger partial charge on any atom is -0.357 e. The van der Waals surface area contributed by atoms with Gasteiger partial charge in [-0.05, 0) is 42.3 Å². The van der Waals surface area contributed by atoms with E-state index in [0.29, 0.717) is 17.0 Å². The summed E-state index contributed by atoms with van der Waals surface area (Å²) in [5.74, 6) is -1.00. The minimum atomic E-state index is -3.93. The summed E-state index contributed by atoms with van der Waals surface area (Å²) in [5.41, 5.74) is 0.675. The van der Waals surface area contributed by atoms with Gasteiger partial charge in [0, 0.05) is 18.6 Å². The van der Waals surface area contributed by atoms with Gasteiger partial charge in [-0.1, -0.05) is 59.4 Å². The highest BCUT2D eigenvalue weighted by molar-refractivity contribution is 7.92. The van der Waals surface area contributed by atoms with Crippen molar-refractivity contribution >= 4 is 73.9 Å². The Morgan fingerprint density at radius 2 is 1.64 bits per heavy atom. The Morgan fingerprint density at radius 1 is 1.00 bits per heavy atom. The Hall–Kier alpha value is -1.71. The van der Waals surface area contributed by atoms with Crippen molar-refractivity contribution in [2.75, 3.05) is 24.2 Å². The topological polar surface area (TPSA) is 86.8 Å². The summed E-state index contributed by atoms with van der Waals surface area (Å²) in [6.07, 6.45) is 1.25. The third kappa shape index (κ3) is 7.13. The lowest BCUT2D eigenvalue weighted by Crippen LogP contribution is -2.51. The average molecular weight is 555 g/mol. The van der Waals surface area contributed by atoms with Gasteiger partial charge in [-0.2, -0.15) is 0 Å². The molecule has 0 saturated heterocycles. The van der Waals surface area contributed by atoms with Gasteiger partial charge >= 0.3 is 0 Å². The lowest BCUT2D eigenvalue weighted by molar-refractivity contribution is -0.140. The molecule has 2 amide bonds. The molecular weight excluding hydrogens is 532 g/mol. The molecular formula is C21H23Cl4N3O4S. The molecule has 0 aliphatic rings. The van der Waals surface area contributed by atoms with Crippen LogP contribution in [-0.2, 0) is 26.2 Å². The molecule has 0 radical (unpaired) electrons. The van der Waals surface area contributed by atoms with Crippen molar-refractivity contribution in [2.24, 2.45) is 0 Å². The number of nitrogens with zero attached hydrogens (tertiary/aromatic N) is 2. The van der Waals surface area contributed by atoms with Crippen LogP contribution in [0.1, 0.15) is 18.9 Å². The molecule has 33 heavy (non-hydrogen) atoms. The lowest BCUT2D eigenvalue weighted by atomic mass is 10.1. The Morgan fingerprint density at radius 3 is 2.18 bits per heavy atom. The first-order chi connectivity index (χ1) is 15.4. The second kappa shape index (κ2) is 11.6. The van der Waals surface area contributed by atoms with Crippen molar-refractivity contribution in [3.05, 3.63) is 62.1 Å². The molecule has 0 saturated carbocycles. The first-order valence-corrected chi connectivity index (χ1v) is 13.1. The van der Waals surface area contributed by atoms with Crippen molar-refractivity contribution in [1.82, 2.24) is 10.2 Å². The number of hydrogen-bond acceptors (Lipinski definition) is 4. The second-order valence-corrected chi connectivity index (χ2v) is 10.7. The van der Waals surface area contributed by atoms with Crippen molar-refractivity contribution in [3.8, 4) is 0 Å². The number of sulfonamides is 1. The van der Waals surface area contributed by atoms with Crippen LogP contribution in [0, 0.1) is 0 Å². The highest BCUT2D eigenvalue weighted by atomic mass is 35.5. The third-order valence-electron chi connectivity index (χ3n) is 4.83. The number of likely N-dealkylation sites (N-methyl/N-ethyl adjacent to an activating group) is 1. The number of benzene rings is 2. The molecule has 0 aliphatic heterocycles. The van der Waals surface area contributed by atoms with E-state index >= 15 is 0 Å². The van der Waals surface area contributed by atoms with Gasteiger partial charge < -0.3 is 10.2 Å². The van der Waals surface area contributed by atoms with Crippen LogP contribution in [0.25, 0.3) is 0 Å². The van der Waals surface area contributed by atoms with E-state index in [1.807, 2.05) is 0 Å². The summed E-state index contributed by atoms with van der Waals surface area (Å²) in [5, 5.41) is 3.53. The zero-order valence-corrected chi connectivity index (χ0v) is 22.0.